The second-order valence-electron chi connectivity index (χ2n) is 5.16. The third-order valence-corrected chi connectivity index (χ3v) is 3.78. The van der Waals surface area contributed by atoms with E-state index in [0.717, 1.165) is 24.9 Å². The molecular formula is C15H17N3O2. The molecule has 104 valence electrons. The summed E-state index contributed by atoms with van der Waals surface area (Å²) in [5.41, 5.74) is 4.39. The SMILES string of the molecule is CCCc1c(C(=O)O)nnn1-c1ccc2c(c1)CCC2. The second kappa shape index (κ2) is 5.07. The third-order valence-electron chi connectivity index (χ3n) is 3.78. The summed E-state index contributed by atoms with van der Waals surface area (Å²) in [6.07, 6.45) is 4.94. The zero-order chi connectivity index (χ0) is 14.1. The second-order valence-corrected chi connectivity index (χ2v) is 5.16. The Kier molecular flexibility index (Phi) is 3.26. The van der Waals surface area contributed by atoms with Gasteiger partial charge >= 0.3 is 5.97 Å². The number of hydrogen-bond acceptors (Lipinski definition) is 3. The molecule has 0 atom stereocenters. The van der Waals surface area contributed by atoms with Gasteiger partial charge in [-0.05, 0) is 48.9 Å². The molecule has 0 saturated carbocycles. The van der Waals surface area contributed by atoms with Crippen molar-refractivity contribution >= 4 is 5.97 Å². The average Bonchev–Trinajstić information content (AvgIpc) is 3.04. The van der Waals surface area contributed by atoms with Crippen LogP contribution in [0.4, 0.5) is 0 Å². The summed E-state index contributed by atoms with van der Waals surface area (Å²) in [6.45, 7) is 2.02. The van der Waals surface area contributed by atoms with Gasteiger partial charge in [0.2, 0.25) is 0 Å². The summed E-state index contributed by atoms with van der Waals surface area (Å²) in [7, 11) is 0. The third kappa shape index (κ3) is 2.09. The summed E-state index contributed by atoms with van der Waals surface area (Å²) in [5.74, 6) is -1.01. The largest absolute Gasteiger partial charge is 0.476 e. The van der Waals surface area contributed by atoms with Crippen molar-refractivity contribution < 1.29 is 9.90 Å². The van der Waals surface area contributed by atoms with Crippen LogP contribution in [0.5, 0.6) is 0 Å². The highest BCUT2D eigenvalue weighted by Crippen LogP contribution is 2.25. The van der Waals surface area contributed by atoms with Gasteiger partial charge in [0.15, 0.2) is 5.69 Å². The first-order valence-corrected chi connectivity index (χ1v) is 7.00. The number of fused-ring (bicyclic) bond motifs is 1. The van der Waals surface area contributed by atoms with Gasteiger partial charge in [0, 0.05) is 0 Å². The predicted molar refractivity (Wildman–Crippen MR) is 74.3 cm³/mol. The number of aromatic carboxylic acids is 1. The Morgan fingerprint density at radius 1 is 1.35 bits per heavy atom. The Hall–Kier alpha value is -2.17. The van der Waals surface area contributed by atoms with Gasteiger partial charge < -0.3 is 5.11 Å². The number of carboxylic acids is 1. The summed E-state index contributed by atoms with van der Waals surface area (Å²) in [4.78, 5) is 11.2. The van der Waals surface area contributed by atoms with Crippen LogP contribution in [-0.2, 0) is 19.3 Å². The first-order valence-electron chi connectivity index (χ1n) is 7.00. The lowest BCUT2D eigenvalue weighted by Crippen LogP contribution is -2.07. The summed E-state index contributed by atoms with van der Waals surface area (Å²) in [6, 6.07) is 6.24. The fourth-order valence-corrected chi connectivity index (χ4v) is 2.83. The molecule has 1 aliphatic carbocycles. The number of aromatic nitrogens is 3. The van der Waals surface area contributed by atoms with Crippen molar-refractivity contribution in [2.24, 2.45) is 0 Å². The van der Waals surface area contributed by atoms with E-state index in [9.17, 15) is 9.90 Å². The van der Waals surface area contributed by atoms with E-state index in [1.54, 1.807) is 4.68 Å². The minimum Gasteiger partial charge on any atom is -0.476 e. The van der Waals surface area contributed by atoms with Crippen LogP contribution in [0.3, 0.4) is 0 Å². The Labute approximate surface area is 117 Å². The number of hydrogen-bond donors (Lipinski definition) is 1. The molecule has 0 aliphatic heterocycles. The quantitative estimate of drug-likeness (QED) is 0.927. The Balaban J connectivity index is 2.07. The molecule has 1 aromatic carbocycles. The molecule has 3 rings (SSSR count). The molecule has 5 heteroatoms. The van der Waals surface area contributed by atoms with Crippen LogP contribution in [0.1, 0.15) is 47.1 Å². The van der Waals surface area contributed by atoms with Gasteiger partial charge in [-0.25, -0.2) is 9.48 Å². The fraction of sp³-hybridized carbons (Fsp3) is 0.400. The van der Waals surface area contributed by atoms with E-state index in [2.05, 4.69) is 22.4 Å². The summed E-state index contributed by atoms with van der Waals surface area (Å²) in [5, 5.41) is 17.0. The van der Waals surface area contributed by atoms with Crippen LogP contribution < -0.4 is 0 Å². The zero-order valence-electron chi connectivity index (χ0n) is 11.5. The minimum absolute atomic E-state index is 0.0624. The Morgan fingerprint density at radius 3 is 2.90 bits per heavy atom. The van der Waals surface area contributed by atoms with Crippen LogP contribution in [-0.4, -0.2) is 26.1 Å². The molecule has 0 fully saturated rings. The van der Waals surface area contributed by atoms with E-state index < -0.39 is 5.97 Å². The van der Waals surface area contributed by atoms with Gasteiger partial charge in [-0.2, -0.15) is 0 Å². The number of benzene rings is 1. The zero-order valence-corrected chi connectivity index (χ0v) is 11.5. The van der Waals surface area contributed by atoms with Crippen LogP contribution in [0.15, 0.2) is 18.2 Å². The first-order chi connectivity index (χ1) is 9.70. The Morgan fingerprint density at radius 2 is 2.15 bits per heavy atom. The van der Waals surface area contributed by atoms with Gasteiger partial charge in [0.05, 0.1) is 11.4 Å². The maximum Gasteiger partial charge on any atom is 0.358 e. The van der Waals surface area contributed by atoms with E-state index in [0.29, 0.717) is 12.1 Å². The monoisotopic (exact) mass is 271 g/mol. The highest BCUT2D eigenvalue weighted by Gasteiger charge is 2.20. The number of carboxylic acid groups (broad SMARTS) is 1. The van der Waals surface area contributed by atoms with Crippen LogP contribution >= 0.6 is 0 Å². The summed E-state index contributed by atoms with van der Waals surface area (Å²) >= 11 is 0. The van der Waals surface area contributed by atoms with Crippen molar-refractivity contribution in [3.8, 4) is 5.69 Å². The Bertz CT molecular complexity index is 661. The van der Waals surface area contributed by atoms with Crippen LogP contribution in [0, 0.1) is 0 Å². The first kappa shape index (κ1) is 12.8. The van der Waals surface area contributed by atoms with Crippen molar-refractivity contribution in [2.45, 2.75) is 39.0 Å². The van der Waals surface area contributed by atoms with E-state index in [1.165, 1.54) is 17.5 Å². The van der Waals surface area contributed by atoms with Gasteiger partial charge in [-0.1, -0.05) is 24.6 Å². The molecular weight excluding hydrogens is 254 g/mol. The number of nitrogens with zero attached hydrogens (tertiary/aromatic N) is 3. The molecule has 1 heterocycles. The van der Waals surface area contributed by atoms with E-state index in [-0.39, 0.29) is 5.69 Å². The molecule has 0 amide bonds. The molecule has 1 N–H and O–H groups in total. The van der Waals surface area contributed by atoms with Crippen molar-refractivity contribution in [3.05, 3.63) is 40.7 Å². The average molecular weight is 271 g/mol. The molecule has 0 saturated heterocycles. The van der Waals surface area contributed by atoms with Gasteiger partial charge in [0.1, 0.15) is 0 Å². The van der Waals surface area contributed by atoms with Gasteiger partial charge in [0.25, 0.3) is 0 Å². The van der Waals surface area contributed by atoms with Crippen molar-refractivity contribution in [1.29, 1.82) is 0 Å². The van der Waals surface area contributed by atoms with E-state index in [1.807, 2.05) is 13.0 Å². The lowest BCUT2D eigenvalue weighted by Gasteiger charge is -2.08. The number of aryl methyl sites for hydroxylation is 2. The molecule has 0 radical (unpaired) electrons. The van der Waals surface area contributed by atoms with Gasteiger partial charge in [-0.3, -0.25) is 0 Å². The molecule has 0 spiro atoms. The summed E-state index contributed by atoms with van der Waals surface area (Å²) < 4.78 is 1.67. The van der Waals surface area contributed by atoms with Crippen molar-refractivity contribution in [1.82, 2.24) is 15.0 Å². The smallest absolute Gasteiger partial charge is 0.358 e. The van der Waals surface area contributed by atoms with E-state index in [4.69, 9.17) is 0 Å². The highest BCUT2D eigenvalue weighted by atomic mass is 16.4. The maximum atomic E-state index is 11.2. The van der Waals surface area contributed by atoms with Crippen LogP contribution in [0.25, 0.3) is 5.69 Å². The molecule has 5 nitrogen and oxygen atoms in total. The molecule has 0 unspecified atom stereocenters. The molecule has 20 heavy (non-hydrogen) atoms. The lowest BCUT2D eigenvalue weighted by molar-refractivity contribution is 0.0689. The molecule has 0 bridgehead atoms. The fourth-order valence-electron chi connectivity index (χ4n) is 2.83. The van der Waals surface area contributed by atoms with Crippen LogP contribution in [0.2, 0.25) is 0 Å². The van der Waals surface area contributed by atoms with E-state index >= 15 is 0 Å². The standard InChI is InChI=1S/C15H17N3O2/c1-2-4-13-14(15(19)20)16-17-18(13)12-8-7-10-5-3-6-11(10)9-12/h7-9H,2-6H2,1H3,(H,19,20). The molecule has 1 aromatic heterocycles. The van der Waals surface area contributed by atoms with Crippen molar-refractivity contribution in [2.75, 3.05) is 0 Å². The lowest BCUT2D eigenvalue weighted by atomic mass is 10.1. The topological polar surface area (TPSA) is 68.0 Å². The van der Waals surface area contributed by atoms with Gasteiger partial charge in [-0.15, -0.1) is 5.10 Å². The number of rotatable bonds is 4. The predicted octanol–water partition coefficient (Wildman–Crippen LogP) is 2.41. The minimum atomic E-state index is -1.01. The maximum absolute atomic E-state index is 11.2. The molecule has 2 aromatic rings. The highest BCUT2D eigenvalue weighted by molar-refractivity contribution is 5.86. The van der Waals surface area contributed by atoms with Crippen molar-refractivity contribution in [3.63, 3.8) is 0 Å². The normalized spacial score (nSPS) is 13.4. The number of carbonyl (C=O) groups is 1. The molecule has 1 aliphatic rings.